The Morgan fingerprint density at radius 2 is 2.15 bits per heavy atom. The van der Waals surface area contributed by atoms with Crippen molar-refractivity contribution in [3.8, 4) is 5.75 Å². The van der Waals surface area contributed by atoms with Crippen LogP contribution in [0.1, 0.15) is 11.4 Å². The molecule has 6 nitrogen and oxygen atoms in total. The van der Waals surface area contributed by atoms with E-state index in [1.807, 2.05) is 31.4 Å². The van der Waals surface area contributed by atoms with Crippen LogP contribution < -0.4 is 10.1 Å². The minimum Gasteiger partial charge on any atom is -0.486 e. The van der Waals surface area contributed by atoms with Crippen LogP contribution >= 0.6 is 0 Å². The topological polar surface area (TPSA) is 61.2 Å². The Balaban J connectivity index is 1.76. The van der Waals surface area contributed by atoms with Crippen LogP contribution in [-0.2, 0) is 24.9 Å². The molecule has 0 aliphatic heterocycles. The lowest BCUT2D eigenvalue weighted by molar-refractivity contribution is 0.199. The summed E-state index contributed by atoms with van der Waals surface area (Å²) >= 11 is 0. The first kappa shape index (κ1) is 14.5. The van der Waals surface area contributed by atoms with Gasteiger partial charge >= 0.3 is 0 Å². The number of nitrogens with zero attached hydrogens (tertiary/aromatic N) is 3. The number of aromatic nitrogens is 3. The lowest BCUT2D eigenvalue weighted by atomic mass is 10.3. The predicted molar refractivity (Wildman–Crippen MR) is 75.4 cm³/mol. The summed E-state index contributed by atoms with van der Waals surface area (Å²) in [7, 11) is 3.57. The zero-order chi connectivity index (χ0) is 14.2. The van der Waals surface area contributed by atoms with E-state index in [0.29, 0.717) is 13.2 Å². The highest BCUT2D eigenvalue weighted by Gasteiger charge is 2.00. The van der Waals surface area contributed by atoms with E-state index in [1.54, 1.807) is 18.0 Å². The van der Waals surface area contributed by atoms with Crippen LogP contribution in [-0.4, -0.2) is 35.0 Å². The molecule has 6 heteroatoms. The number of ether oxygens (including phenoxy) is 2. The molecule has 0 unspecified atom stereocenters. The molecule has 0 spiro atoms. The Labute approximate surface area is 118 Å². The number of hydrogen-bond acceptors (Lipinski definition) is 5. The van der Waals surface area contributed by atoms with Gasteiger partial charge in [0.1, 0.15) is 12.4 Å². The fourth-order valence-electron chi connectivity index (χ4n) is 1.69. The van der Waals surface area contributed by atoms with E-state index in [9.17, 15) is 0 Å². The summed E-state index contributed by atoms with van der Waals surface area (Å²) in [6.07, 6.45) is 3.63. The maximum absolute atomic E-state index is 5.62. The minimum absolute atomic E-state index is 0.452. The molecule has 2 aromatic heterocycles. The number of aryl methyl sites for hydroxylation is 1. The summed E-state index contributed by atoms with van der Waals surface area (Å²) in [5.41, 5.74) is 1.88. The first-order valence-corrected chi connectivity index (χ1v) is 6.54. The van der Waals surface area contributed by atoms with Gasteiger partial charge in [0.2, 0.25) is 0 Å². The van der Waals surface area contributed by atoms with Crippen LogP contribution in [0.25, 0.3) is 0 Å². The van der Waals surface area contributed by atoms with Gasteiger partial charge in [-0.05, 0) is 18.2 Å². The summed E-state index contributed by atoms with van der Waals surface area (Å²) < 4.78 is 12.3. The van der Waals surface area contributed by atoms with E-state index in [2.05, 4.69) is 15.4 Å². The van der Waals surface area contributed by atoms with Crippen LogP contribution in [0.4, 0.5) is 0 Å². The molecule has 0 saturated carbocycles. The zero-order valence-corrected chi connectivity index (χ0v) is 11.9. The Hall–Kier alpha value is -1.92. The third-order valence-electron chi connectivity index (χ3n) is 2.74. The standard InChI is InChI=1S/C14H20N4O2/c1-18-7-5-13(17-18)11-20-14-4-3-12(16-10-14)9-15-6-8-19-2/h3-5,7,10,15H,6,8-9,11H2,1-2H3. The van der Waals surface area contributed by atoms with Crippen LogP contribution in [0.15, 0.2) is 30.6 Å². The zero-order valence-electron chi connectivity index (χ0n) is 11.9. The van der Waals surface area contributed by atoms with Crippen molar-refractivity contribution in [1.82, 2.24) is 20.1 Å². The Morgan fingerprint density at radius 3 is 2.80 bits per heavy atom. The number of nitrogens with one attached hydrogen (secondary N) is 1. The molecule has 2 rings (SSSR count). The minimum atomic E-state index is 0.452. The maximum Gasteiger partial charge on any atom is 0.138 e. The molecular weight excluding hydrogens is 256 g/mol. The highest BCUT2D eigenvalue weighted by Crippen LogP contribution is 2.11. The van der Waals surface area contributed by atoms with Crippen molar-refractivity contribution < 1.29 is 9.47 Å². The first-order chi connectivity index (χ1) is 9.78. The predicted octanol–water partition coefficient (Wildman–Crippen LogP) is 1.13. The molecule has 0 bridgehead atoms. The highest BCUT2D eigenvalue weighted by molar-refractivity contribution is 5.20. The van der Waals surface area contributed by atoms with Crippen LogP contribution in [0.3, 0.4) is 0 Å². The van der Waals surface area contributed by atoms with Crippen molar-refractivity contribution in [3.05, 3.63) is 42.0 Å². The monoisotopic (exact) mass is 276 g/mol. The van der Waals surface area contributed by atoms with Crippen LogP contribution in [0.2, 0.25) is 0 Å². The van der Waals surface area contributed by atoms with Gasteiger partial charge in [0.15, 0.2) is 0 Å². The smallest absolute Gasteiger partial charge is 0.138 e. The second-order valence-electron chi connectivity index (χ2n) is 4.42. The van der Waals surface area contributed by atoms with Gasteiger partial charge in [0, 0.05) is 33.4 Å². The van der Waals surface area contributed by atoms with Gasteiger partial charge in [0.25, 0.3) is 0 Å². The first-order valence-electron chi connectivity index (χ1n) is 6.54. The van der Waals surface area contributed by atoms with Crippen molar-refractivity contribution in [1.29, 1.82) is 0 Å². The average molecular weight is 276 g/mol. The third kappa shape index (κ3) is 4.64. The molecular formula is C14H20N4O2. The van der Waals surface area contributed by atoms with E-state index >= 15 is 0 Å². The quantitative estimate of drug-likeness (QED) is 0.732. The van der Waals surface area contributed by atoms with Gasteiger partial charge < -0.3 is 14.8 Å². The molecule has 0 fully saturated rings. The molecule has 0 aromatic carbocycles. The lowest BCUT2D eigenvalue weighted by Gasteiger charge is -2.06. The van der Waals surface area contributed by atoms with E-state index in [-0.39, 0.29) is 0 Å². The molecule has 0 aliphatic rings. The molecule has 2 aromatic rings. The van der Waals surface area contributed by atoms with Gasteiger partial charge in [-0.15, -0.1) is 0 Å². The molecule has 0 radical (unpaired) electrons. The Morgan fingerprint density at radius 1 is 1.25 bits per heavy atom. The molecule has 0 aliphatic carbocycles. The van der Waals surface area contributed by atoms with E-state index in [4.69, 9.17) is 9.47 Å². The number of methoxy groups -OCH3 is 1. The molecule has 1 N–H and O–H groups in total. The van der Waals surface area contributed by atoms with E-state index < -0.39 is 0 Å². The van der Waals surface area contributed by atoms with Gasteiger partial charge in [0.05, 0.1) is 24.2 Å². The molecule has 20 heavy (non-hydrogen) atoms. The largest absolute Gasteiger partial charge is 0.486 e. The number of pyridine rings is 1. The fraction of sp³-hybridized carbons (Fsp3) is 0.429. The van der Waals surface area contributed by atoms with Crippen molar-refractivity contribution in [3.63, 3.8) is 0 Å². The summed E-state index contributed by atoms with van der Waals surface area (Å²) in [6, 6.07) is 5.80. The average Bonchev–Trinajstić information content (AvgIpc) is 2.88. The summed E-state index contributed by atoms with van der Waals surface area (Å²) in [5, 5.41) is 7.49. The Bertz CT molecular complexity index is 510. The summed E-state index contributed by atoms with van der Waals surface area (Å²) in [5.74, 6) is 0.747. The van der Waals surface area contributed by atoms with Crippen molar-refractivity contribution >= 4 is 0 Å². The van der Waals surface area contributed by atoms with Crippen LogP contribution in [0.5, 0.6) is 5.75 Å². The Kier molecular flexibility index (Phi) is 5.52. The van der Waals surface area contributed by atoms with Gasteiger partial charge in [-0.1, -0.05) is 0 Å². The van der Waals surface area contributed by atoms with E-state index in [1.165, 1.54) is 0 Å². The van der Waals surface area contributed by atoms with Crippen molar-refractivity contribution in [2.75, 3.05) is 20.3 Å². The lowest BCUT2D eigenvalue weighted by Crippen LogP contribution is -2.19. The molecule has 108 valence electrons. The highest BCUT2D eigenvalue weighted by atomic mass is 16.5. The molecule has 2 heterocycles. The van der Waals surface area contributed by atoms with Crippen molar-refractivity contribution in [2.45, 2.75) is 13.2 Å². The summed E-state index contributed by atoms with van der Waals surface area (Å²) in [4.78, 5) is 4.34. The normalized spacial score (nSPS) is 10.7. The SMILES string of the molecule is COCCNCc1ccc(OCc2ccn(C)n2)cn1. The fourth-order valence-corrected chi connectivity index (χ4v) is 1.69. The van der Waals surface area contributed by atoms with E-state index in [0.717, 1.165) is 30.2 Å². The van der Waals surface area contributed by atoms with Gasteiger partial charge in [-0.25, -0.2) is 0 Å². The molecule has 0 atom stereocenters. The van der Waals surface area contributed by atoms with Gasteiger partial charge in [-0.3, -0.25) is 9.67 Å². The maximum atomic E-state index is 5.62. The molecule has 0 amide bonds. The van der Waals surface area contributed by atoms with Gasteiger partial charge in [-0.2, -0.15) is 5.10 Å². The van der Waals surface area contributed by atoms with Crippen molar-refractivity contribution in [2.24, 2.45) is 7.05 Å². The number of hydrogen-bond donors (Lipinski definition) is 1. The van der Waals surface area contributed by atoms with Crippen LogP contribution in [0, 0.1) is 0 Å². The molecule has 0 saturated heterocycles. The second kappa shape index (κ2) is 7.62. The third-order valence-corrected chi connectivity index (χ3v) is 2.74. The number of rotatable bonds is 8. The second-order valence-corrected chi connectivity index (χ2v) is 4.42. The summed E-state index contributed by atoms with van der Waals surface area (Å²) in [6.45, 7) is 2.69.